The Balaban J connectivity index is 1.65. The Morgan fingerprint density at radius 3 is 2.92 bits per heavy atom. The van der Waals surface area contributed by atoms with Gasteiger partial charge in [-0.05, 0) is 42.5 Å². The van der Waals surface area contributed by atoms with E-state index >= 15 is 0 Å². The van der Waals surface area contributed by atoms with Crippen molar-refractivity contribution in [3.05, 3.63) is 46.8 Å². The third kappa shape index (κ3) is 3.65. The predicted octanol–water partition coefficient (Wildman–Crippen LogP) is 2.32. The molecule has 1 amide bonds. The van der Waals surface area contributed by atoms with Gasteiger partial charge in [0, 0.05) is 18.5 Å². The van der Waals surface area contributed by atoms with Crippen molar-refractivity contribution in [2.24, 2.45) is 0 Å². The molecule has 1 aromatic heterocycles. The normalized spacial score (nSPS) is 16.0. The average Bonchev–Trinajstić information content (AvgIpc) is 3.15. The number of esters is 1. The maximum atomic E-state index is 12.2. The second-order valence-corrected chi connectivity index (χ2v) is 5.93. The first-order valence-corrected chi connectivity index (χ1v) is 8.12. The van der Waals surface area contributed by atoms with Crippen LogP contribution in [0, 0.1) is 0 Å². The van der Waals surface area contributed by atoms with E-state index in [1.165, 1.54) is 24.3 Å². The number of fused-ring (bicyclic) bond motifs is 1. The monoisotopic (exact) mass is 344 g/mol. The SMILES string of the molecule is COC(=O)c1cc(C(=O)NC[C@H]2CCCc3cc(OC)ccc32)no1. The van der Waals surface area contributed by atoms with Gasteiger partial charge in [-0.3, -0.25) is 4.79 Å². The highest BCUT2D eigenvalue weighted by molar-refractivity contribution is 5.95. The third-order valence-electron chi connectivity index (χ3n) is 4.43. The molecule has 1 aliphatic carbocycles. The van der Waals surface area contributed by atoms with Gasteiger partial charge in [0.15, 0.2) is 5.69 Å². The summed E-state index contributed by atoms with van der Waals surface area (Å²) in [5.74, 6) is -0.0454. The van der Waals surface area contributed by atoms with E-state index in [1.807, 2.05) is 6.07 Å². The summed E-state index contributed by atoms with van der Waals surface area (Å²) in [6, 6.07) is 7.35. The molecule has 0 aliphatic heterocycles. The van der Waals surface area contributed by atoms with Crippen molar-refractivity contribution in [2.45, 2.75) is 25.2 Å². The van der Waals surface area contributed by atoms with Crippen molar-refractivity contribution in [3.8, 4) is 5.75 Å². The van der Waals surface area contributed by atoms with Crippen LogP contribution in [-0.2, 0) is 11.2 Å². The molecule has 1 aliphatic rings. The van der Waals surface area contributed by atoms with Crippen molar-refractivity contribution < 1.29 is 23.6 Å². The Morgan fingerprint density at radius 1 is 1.32 bits per heavy atom. The number of carbonyl (C=O) groups excluding carboxylic acids is 2. The quantitative estimate of drug-likeness (QED) is 0.837. The Morgan fingerprint density at radius 2 is 2.16 bits per heavy atom. The minimum Gasteiger partial charge on any atom is -0.497 e. The smallest absolute Gasteiger partial charge is 0.376 e. The van der Waals surface area contributed by atoms with Crippen LogP contribution < -0.4 is 10.1 Å². The molecular formula is C18H20N2O5. The molecule has 3 rings (SSSR count). The van der Waals surface area contributed by atoms with Crippen LogP contribution in [0.5, 0.6) is 5.75 Å². The zero-order valence-electron chi connectivity index (χ0n) is 14.2. The van der Waals surface area contributed by atoms with Gasteiger partial charge in [-0.1, -0.05) is 11.2 Å². The standard InChI is InChI=1S/C18H20N2O5/c1-23-13-6-7-14-11(8-13)4-3-5-12(14)10-19-17(21)15-9-16(25-20-15)18(22)24-2/h6-9,12H,3-5,10H2,1-2H3,(H,19,21)/t12-/m1/s1. The highest BCUT2D eigenvalue weighted by atomic mass is 16.5. The van der Waals surface area contributed by atoms with Crippen LogP contribution in [0.15, 0.2) is 28.8 Å². The van der Waals surface area contributed by atoms with Crippen LogP contribution in [0.1, 0.15) is 50.9 Å². The second-order valence-electron chi connectivity index (χ2n) is 5.93. The molecule has 7 nitrogen and oxygen atoms in total. The van der Waals surface area contributed by atoms with Crippen molar-refractivity contribution in [1.29, 1.82) is 0 Å². The molecule has 1 N–H and O–H groups in total. The molecule has 1 heterocycles. The lowest BCUT2D eigenvalue weighted by atomic mass is 9.82. The second kappa shape index (κ2) is 7.38. The van der Waals surface area contributed by atoms with Crippen molar-refractivity contribution in [2.75, 3.05) is 20.8 Å². The summed E-state index contributed by atoms with van der Waals surface area (Å²) >= 11 is 0. The number of rotatable bonds is 5. The number of nitrogens with zero attached hydrogens (tertiary/aromatic N) is 1. The van der Waals surface area contributed by atoms with Gasteiger partial charge in [0.1, 0.15) is 5.75 Å². The maximum absolute atomic E-state index is 12.2. The van der Waals surface area contributed by atoms with E-state index in [9.17, 15) is 9.59 Å². The Hall–Kier alpha value is -2.83. The number of methoxy groups -OCH3 is 2. The van der Waals surface area contributed by atoms with E-state index in [1.54, 1.807) is 7.11 Å². The molecule has 0 saturated carbocycles. The van der Waals surface area contributed by atoms with Gasteiger partial charge < -0.3 is 19.3 Å². The van der Waals surface area contributed by atoms with Gasteiger partial charge in [-0.15, -0.1) is 0 Å². The maximum Gasteiger partial charge on any atom is 0.376 e. The van der Waals surface area contributed by atoms with E-state index in [4.69, 9.17) is 9.26 Å². The summed E-state index contributed by atoms with van der Waals surface area (Å²) in [4.78, 5) is 23.6. The number of aryl methyl sites for hydroxylation is 1. The minimum atomic E-state index is -0.665. The van der Waals surface area contributed by atoms with Gasteiger partial charge in [0.2, 0.25) is 5.76 Å². The van der Waals surface area contributed by atoms with Gasteiger partial charge >= 0.3 is 5.97 Å². The fourth-order valence-electron chi connectivity index (χ4n) is 3.12. The summed E-state index contributed by atoms with van der Waals surface area (Å²) in [7, 11) is 2.89. The van der Waals surface area contributed by atoms with Crippen molar-refractivity contribution in [3.63, 3.8) is 0 Å². The molecule has 0 radical (unpaired) electrons. The summed E-state index contributed by atoms with van der Waals surface area (Å²) in [6.07, 6.45) is 3.09. The topological polar surface area (TPSA) is 90.7 Å². The largest absolute Gasteiger partial charge is 0.497 e. The van der Waals surface area contributed by atoms with E-state index in [-0.39, 0.29) is 23.3 Å². The molecular weight excluding hydrogens is 324 g/mol. The number of nitrogens with one attached hydrogen (secondary N) is 1. The van der Waals surface area contributed by atoms with Gasteiger partial charge in [0.25, 0.3) is 5.91 Å². The molecule has 0 fully saturated rings. The molecule has 25 heavy (non-hydrogen) atoms. The number of ether oxygens (including phenoxy) is 2. The molecule has 0 saturated heterocycles. The van der Waals surface area contributed by atoms with Crippen LogP contribution in [0.4, 0.5) is 0 Å². The fourth-order valence-corrected chi connectivity index (χ4v) is 3.12. The first-order chi connectivity index (χ1) is 12.1. The fraction of sp³-hybridized carbons (Fsp3) is 0.389. The van der Waals surface area contributed by atoms with E-state index in [0.717, 1.165) is 25.0 Å². The molecule has 7 heteroatoms. The number of amides is 1. The highest BCUT2D eigenvalue weighted by Crippen LogP contribution is 2.33. The lowest BCUT2D eigenvalue weighted by molar-refractivity contribution is 0.0554. The third-order valence-corrected chi connectivity index (χ3v) is 4.43. The number of aromatic nitrogens is 1. The van der Waals surface area contributed by atoms with Gasteiger partial charge in [-0.2, -0.15) is 0 Å². The molecule has 1 atom stereocenters. The number of hydrogen-bond acceptors (Lipinski definition) is 6. The molecule has 1 aromatic carbocycles. The lowest BCUT2D eigenvalue weighted by Crippen LogP contribution is -2.30. The zero-order valence-corrected chi connectivity index (χ0v) is 14.2. The Labute approximate surface area is 145 Å². The van der Waals surface area contributed by atoms with E-state index < -0.39 is 5.97 Å². The minimum absolute atomic E-state index is 0.0613. The molecule has 0 bridgehead atoms. The zero-order chi connectivity index (χ0) is 17.8. The number of benzene rings is 1. The summed E-state index contributed by atoms with van der Waals surface area (Å²) in [6.45, 7) is 0.499. The van der Waals surface area contributed by atoms with Crippen LogP contribution >= 0.6 is 0 Å². The number of carbonyl (C=O) groups is 2. The summed E-state index contributed by atoms with van der Waals surface area (Å²) in [5.41, 5.74) is 2.56. The van der Waals surface area contributed by atoms with Gasteiger partial charge in [0.05, 0.1) is 14.2 Å². The molecule has 2 aromatic rings. The van der Waals surface area contributed by atoms with Gasteiger partial charge in [-0.25, -0.2) is 4.79 Å². The van der Waals surface area contributed by atoms with Crippen molar-refractivity contribution >= 4 is 11.9 Å². The van der Waals surface area contributed by atoms with Crippen LogP contribution in [-0.4, -0.2) is 37.8 Å². The molecule has 132 valence electrons. The van der Waals surface area contributed by atoms with Crippen molar-refractivity contribution in [1.82, 2.24) is 10.5 Å². The first-order valence-electron chi connectivity index (χ1n) is 8.12. The van der Waals surface area contributed by atoms with Crippen LogP contribution in [0.3, 0.4) is 0 Å². The summed E-state index contributed by atoms with van der Waals surface area (Å²) < 4.78 is 14.6. The van der Waals surface area contributed by atoms with Crippen LogP contribution in [0.25, 0.3) is 0 Å². The molecule has 0 spiro atoms. The highest BCUT2D eigenvalue weighted by Gasteiger charge is 2.23. The van der Waals surface area contributed by atoms with E-state index in [0.29, 0.717) is 6.54 Å². The van der Waals surface area contributed by atoms with E-state index in [2.05, 4.69) is 27.3 Å². The summed E-state index contributed by atoms with van der Waals surface area (Å²) in [5, 5.41) is 6.48. The predicted molar refractivity (Wildman–Crippen MR) is 88.8 cm³/mol. The Kier molecular flexibility index (Phi) is 5.02. The number of hydrogen-bond donors (Lipinski definition) is 1. The first kappa shape index (κ1) is 17.0. The molecule has 0 unspecified atom stereocenters. The Bertz CT molecular complexity index is 784. The lowest BCUT2D eigenvalue weighted by Gasteiger charge is -2.26. The average molecular weight is 344 g/mol. The van der Waals surface area contributed by atoms with Crippen LogP contribution in [0.2, 0.25) is 0 Å².